The number of aryl methyl sites for hydroxylation is 1. The lowest BCUT2D eigenvalue weighted by atomic mass is 10.2. The lowest BCUT2D eigenvalue weighted by Crippen LogP contribution is -2.45. The number of tetrazole rings is 1. The van der Waals surface area contributed by atoms with E-state index in [0.29, 0.717) is 37.8 Å². The average molecular weight is 316 g/mol. The van der Waals surface area contributed by atoms with Gasteiger partial charge in [0.25, 0.3) is 0 Å². The van der Waals surface area contributed by atoms with Gasteiger partial charge < -0.3 is 15.0 Å². The summed E-state index contributed by atoms with van der Waals surface area (Å²) in [4.78, 5) is 26.9. The Morgan fingerprint density at radius 3 is 2.48 bits per heavy atom. The molecule has 0 saturated carbocycles. The average Bonchev–Trinajstić information content (AvgIpc) is 3.02. The number of carbonyl (C=O) groups excluding carboxylic acids is 2. The van der Waals surface area contributed by atoms with Crippen LogP contribution in [0.25, 0.3) is 11.4 Å². The number of amides is 2. The lowest BCUT2D eigenvalue weighted by molar-refractivity contribution is -0.145. The first-order valence-corrected chi connectivity index (χ1v) is 7.16. The van der Waals surface area contributed by atoms with Gasteiger partial charge in [0.15, 0.2) is 0 Å². The van der Waals surface area contributed by atoms with Gasteiger partial charge in [-0.1, -0.05) is 0 Å². The SMILES string of the molecule is Cn1nnc(-c2ccc(NC(=O)C(=O)N3CCOCC3)cc2)n1. The molecule has 0 radical (unpaired) electrons. The predicted molar refractivity (Wildman–Crippen MR) is 80.3 cm³/mol. The topological polar surface area (TPSA) is 102 Å². The number of hydrogen-bond acceptors (Lipinski definition) is 6. The van der Waals surface area contributed by atoms with E-state index in [1.165, 1.54) is 9.70 Å². The van der Waals surface area contributed by atoms with Gasteiger partial charge in [-0.25, -0.2) is 0 Å². The molecule has 1 saturated heterocycles. The minimum absolute atomic E-state index is 0.434. The summed E-state index contributed by atoms with van der Waals surface area (Å²) in [6.07, 6.45) is 0. The maximum atomic E-state index is 12.0. The molecule has 0 aliphatic carbocycles. The summed E-state index contributed by atoms with van der Waals surface area (Å²) in [5.74, 6) is -0.708. The van der Waals surface area contributed by atoms with E-state index in [4.69, 9.17) is 4.74 Å². The molecule has 3 rings (SSSR count). The number of morpholine rings is 1. The molecule has 1 aromatic heterocycles. The van der Waals surface area contributed by atoms with Gasteiger partial charge in [0, 0.05) is 24.3 Å². The number of rotatable bonds is 2. The highest BCUT2D eigenvalue weighted by Gasteiger charge is 2.23. The molecule has 23 heavy (non-hydrogen) atoms. The zero-order valence-corrected chi connectivity index (χ0v) is 12.6. The number of hydrogen-bond donors (Lipinski definition) is 1. The van der Waals surface area contributed by atoms with Crippen LogP contribution in [0.3, 0.4) is 0 Å². The standard InChI is InChI=1S/C14H16N6O3/c1-19-17-12(16-18-19)10-2-4-11(5-3-10)15-13(21)14(22)20-6-8-23-9-7-20/h2-5H,6-9H2,1H3,(H,15,21). The molecule has 0 bridgehead atoms. The summed E-state index contributed by atoms with van der Waals surface area (Å²) < 4.78 is 5.16. The molecule has 1 N–H and O–H groups in total. The molecule has 0 spiro atoms. The molecule has 9 heteroatoms. The summed E-state index contributed by atoms with van der Waals surface area (Å²) in [6.45, 7) is 1.78. The van der Waals surface area contributed by atoms with Crippen molar-refractivity contribution in [1.82, 2.24) is 25.1 Å². The van der Waals surface area contributed by atoms with Gasteiger partial charge in [-0.3, -0.25) is 9.59 Å². The van der Waals surface area contributed by atoms with E-state index in [1.54, 1.807) is 31.3 Å². The molecule has 2 aromatic rings. The number of carbonyl (C=O) groups is 2. The molecule has 1 fully saturated rings. The predicted octanol–water partition coefficient (Wildman–Crippen LogP) is -0.326. The van der Waals surface area contributed by atoms with Crippen LogP contribution in [0.5, 0.6) is 0 Å². The molecule has 0 unspecified atom stereocenters. The van der Waals surface area contributed by atoms with Crippen LogP contribution in [-0.4, -0.2) is 63.2 Å². The molecular weight excluding hydrogens is 300 g/mol. The normalized spacial score (nSPS) is 14.6. The van der Waals surface area contributed by atoms with E-state index < -0.39 is 11.8 Å². The molecular formula is C14H16N6O3. The molecule has 120 valence electrons. The molecule has 0 atom stereocenters. The van der Waals surface area contributed by atoms with Crippen LogP contribution in [0.4, 0.5) is 5.69 Å². The van der Waals surface area contributed by atoms with Crippen LogP contribution in [0.1, 0.15) is 0 Å². The Balaban J connectivity index is 1.63. The van der Waals surface area contributed by atoms with Gasteiger partial charge in [0.05, 0.1) is 20.3 Å². The van der Waals surface area contributed by atoms with Crippen LogP contribution in [0.2, 0.25) is 0 Å². The third-order valence-corrected chi connectivity index (χ3v) is 3.40. The zero-order valence-electron chi connectivity index (χ0n) is 12.6. The van der Waals surface area contributed by atoms with Crippen molar-refractivity contribution in [3.63, 3.8) is 0 Å². The highest BCUT2D eigenvalue weighted by molar-refractivity contribution is 6.39. The second-order valence-corrected chi connectivity index (χ2v) is 5.04. The van der Waals surface area contributed by atoms with E-state index >= 15 is 0 Å². The van der Waals surface area contributed by atoms with Crippen molar-refractivity contribution in [3.8, 4) is 11.4 Å². The number of aromatic nitrogens is 4. The summed E-state index contributed by atoms with van der Waals surface area (Å²) >= 11 is 0. The number of nitrogens with one attached hydrogen (secondary N) is 1. The van der Waals surface area contributed by atoms with Gasteiger partial charge in [0.1, 0.15) is 0 Å². The monoisotopic (exact) mass is 316 g/mol. The second-order valence-electron chi connectivity index (χ2n) is 5.04. The number of nitrogens with zero attached hydrogens (tertiary/aromatic N) is 5. The Labute approximate surface area is 132 Å². The van der Waals surface area contributed by atoms with E-state index in [-0.39, 0.29) is 0 Å². The number of ether oxygens (including phenoxy) is 1. The van der Waals surface area contributed by atoms with Crippen LogP contribution < -0.4 is 5.32 Å². The van der Waals surface area contributed by atoms with Gasteiger partial charge >= 0.3 is 11.8 Å². The minimum Gasteiger partial charge on any atom is -0.378 e. The van der Waals surface area contributed by atoms with Crippen LogP contribution >= 0.6 is 0 Å². The zero-order chi connectivity index (χ0) is 16.2. The fourth-order valence-corrected chi connectivity index (χ4v) is 2.20. The lowest BCUT2D eigenvalue weighted by Gasteiger charge is -2.26. The van der Waals surface area contributed by atoms with Crippen LogP contribution in [0, 0.1) is 0 Å². The largest absolute Gasteiger partial charge is 0.378 e. The van der Waals surface area contributed by atoms with Gasteiger partial charge in [-0.15, -0.1) is 10.2 Å². The quantitative estimate of drug-likeness (QED) is 0.762. The second kappa shape index (κ2) is 6.53. The summed E-state index contributed by atoms with van der Waals surface area (Å²) in [5.41, 5.74) is 1.31. The maximum absolute atomic E-state index is 12.0. The molecule has 2 heterocycles. The molecule has 1 aliphatic rings. The van der Waals surface area contributed by atoms with Gasteiger partial charge in [0.2, 0.25) is 5.82 Å². The van der Waals surface area contributed by atoms with E-state index in [9.17, 15) is 9.59 Å². The third-order valence-electron chi connectivity index (χ3n) is 3.40. The smallest absolute Gasteiger partial charge is 0.313 e. The van der Waals surface area contributed by atoms with E-state index in [2.05, 4.69) is 20.7 Å². The van der Waals surface area contributed by atoms with Crippen LogP contribution in [-0.2, 0) is 21.4 Å². The molecule has 2 amide bonds. The maximum Gasteiger partial charge on any atom is 0.313 e. The van der Waals surface area contributed by atoms with Crippen molar-refractivity contribution in [2.75, 3.05) is 31.6 Å². The summed E-state index contributed by atoms with van der Waals surface area (Å²) in [5, 5.41) is 14.4. The fourth-order valence-electron chi connectivity index (χ4n) is 2.20. The highest BCUT2D eigenvalue weighted by atomic mass is 16.5. The first kappa shape index (κ1) is 15.1. The van der Waals surface area contributed by atoms with Crippen molar-refractivity contribution in [2.24, 2.45) is 7.05 Å². The van der Waals surface area contributed by atoms with E-state index in [1.807, 2.05) is 0 Å². The molecule has 1 aromatic carbocycles. The molecule has 9 nitrogen and oxygen atoms in total. The summed E-state index contributed by atoms with van der Waals surface area (Å²) in [6, 6.07) is 6.89. The number of benzene rings is 1. The minimum atomic E-state index is -0.655. The highest BCUT2D eigenvalue weighted by Crippen LogP contribution is 2.17. The Morgan fingerprint density at radius 2 is 1.87 bits per heavy atom. The van der Waals surface area contributed by atoms with E-state index in [0.717, 1.165) is 5.56 Å². The Bertz CT molecular complexity index is 706. The van der Waals surface area contributed by atoms with Gasteiger partial charge in [-0.05, 0) is 29.5 Å². The van der Waals surface area contributed by atoms with Crippen molar-refractivity contribution in [3.05, 3.63) is 24.3 Å². The fraction of sp³-hybridized carbons (Fsp3) is 0.357. The van der Waals surface area contributed by atoms with Crippen LogP contribution in [0.15, 0.2) is 24.3 Å². The first-order chi connectivity index (χ1) is 11.1. The number of anilines is 1. The summed E-state index contributed by atoms with van der Waals surface area (Å²) in [7, 11) is 1.68. The van der Waals surface area contributed by atoms with Crippen molar-refractivity contribution >= 4 is 17.5 Å². The Morgan fingerprint density at radius 1 is 1.17 bits per heavy atom. The Kier molecular flexibility index (Phi) is 4.29. The molecule has 1 aliphatic heterocycles. The van der Waals surface area contributed by atoms with Crippen molar-refractivity contribution < 1.29 is 14.3 Å². The Hall–Kier alpha value is -2.81. The van der Waals surface area contributed by atoms with Crippen molar-refractivity contribution in [2.45, 2.75) is 0 Å². The van der Waals surface area contributed by atoms with Crippen molar-refractivity contribution in [1.29, 1.82) is 0 Å². The van der Waals surface area contributed by atoms with Gasteiger partial charge in [-0.2, -0.15) is 4.80 Å². The third kappa shape index (κ3) is 3.51. The first-order valence-electron chi connectivity index (χ1n) is 7.16.